The highest BCUT2D eigenvalue weighted by Gasteiger charge is 2.23. The molecule has 1 fully saturated rings. The molecule has 0 saturated carbocycles. The summed E-state index contributed by atoms with van der Waals surface area (Å²) in [6, 6.07) is 3.53. The minimum absolute atomic E-state index is 0.00569. The van der Waals surface area contributed by atoms with E-state index in [-0.39, 0.29) is 23.7 Å². The van der Waals surface area contributed by atoms with Crippen molar-refractivity contribution >= 4 is 23.0 Å². The van der Waals surface area contributed by atoms with Gasteiger partial charge in [0, 0.05) is 49.4 Å². The van der Waals surface area contributed by atoms with Crippen molar-refractivity contribution in [1.82, 2.24) is 24.8 Å². The summed E-state index contributed by atoms with van der Waals surface area (Å²) in [6.07, 6.45) is 3.42. The maximum absolute atomic E-state index is 12.2. The molecule has 0 spiro atoms. The third-order valence-electron chi connectivity index (χ3n) is 4.63. The van der Waals surface area contributed by atoms with Crippen LogP contribution in [0.25, 0.3) is 11.0 Å². The number of rotatable bonds is 4. The molecule has 0 bridgehead atoms. The van der Waals surface area contributed by atoms with E-state index in [9.17, 15) is 9.59 Å². The molecular weight excluding hydrogens is 332 g/mol. The van der Waals surface area contributed by atoms with Gasteiger partial charge in [-0.3, -0.25) is 9.36 Å². The Kier molecular flexibility index (Phi) is 5.39. The molecule has 140 valence electrons. The van der Waals surface area contributed by atoms with Crippen molar-refractivity contribution in [2.75, 3.05) is 25.0 Å². The van der Waals surface area contributed by atoms with Gasteiger partial charge >= 0.3 is 6.03 Å². The molecule has 0 atom stereocenters. The molecule has 0 radical (unpaired) electrons. The van der Waals surface area contributed by atoms with Crippen molar-refractivity contribution in [3.05, 3.63) is 28.7 Å². The van der Waals surface area contributed by atoms with Crippen LogP contribution in [-0.2, 0) is 0 Å². The first-order valence-electron chi connectivity index (χ1n) is 9.17. The van der Waals surface area contributed by atoms with Gasteiger partial charge in [-0.1, -0.05) is 0 Å². The second-order valence-electron chi connectivity index (χ2n) is 6.85. The van der Waals surface area contributed by atoms with Crippen LogP contribution >= 0.6 is 0 Å². The van der Waals surface area contributed by atoms with Gasteiger partial charge < -0.3 is 15.5 Å². The molecule has 0 aliphatic carbocycles. The number of fused-ring (bicyclic) bond motifs is 1. The molecule has 8 heteroatoms. The zero-order valence-corrected chi connectivity index (χ0v) is 15.5. The molecule has 2 amide bonds. The molecule has 3 heterocycles. The van der Waals surface area contributed by atoms with Crippen LogP contribution in [-0.4, -0.2) is 51.1 Å². The number of hydrogen-bond acceptors (Lipinski definition) is 5. The summed E-state index contributed by atoms with van der Waals surface area (Å²) in [5.74, 6) is 0.522. The number of carbonyl (C=O) groups is 1. The van der Waals surface area contributed by atoms with Crippen molar-refractivity contribution < 1.29 is 4.79 Å². The third kappa shape index (κ3) is 3.79. The van der Waals surface area contributed by atoms with Gasteiger partial charge in [0.2, 0.25) is 5.95 Å². The smallest absolute Gasteiger partial charge is 0.317 e. The Bertz CT molecular complexity index is 839. The van der Waals surface area contributed by atoms with Crippen molar-refractivity contribution in [2.45, 2.75) is 45.7 Å². The van der Waals surface area contributed by atoms with Crippen LogP contribution in [0.5, 0.6) is 0 Å². The van der Waals surface area contributed by atoms with Crippen LogP contribution in [0.15, 0.2) is 23.1 Å². The normalized spacial score (nSPS) is 15.5. The molecule has 2 N–H and O–H groups in total. The predicted octanol–water partition coefficient (Wildman–Crippen LogP) is 1.98. The number of aromatic nitrogens is 3. The number of anilines is 1. The van der Waals surface area contributed by atoms with Gasteiger partial charge in [0.25, 0.3) is 5.56 Å². The van der Waals surface area contributed by atoms with Crippen LogP contribution in [0.1, 0.15) is 39.7 Å². The van der Waals surface area contributed by atoms with Crippen LogP contribution in [0, 0.1) is 0 Å². The summed E-state index contributed by atoms with van der Waals surface area (Å²) < 4.78 is 1.68. The Hall–Kier alpha value is -2.64. The van der Waals surface area contributed by atoms with Crippen molar-refractivity contribution in [3.63, 3.8) is 0 Å². The lowest BCUT2D eigenvalue weighted by atomic mass is 10.1. The SMILES string of the molecule is CCNC(=O)N1CCC(Nc2ncc3ccc(=O)n(C(C)C)c3n2)CC1. The van der Waals surface area contributed by atoms with Gasteiger partial charge in [0.05, 0.1) is 0 Å². The first-order valence-corrected chi connectivity index (χ1v) is 9.17. The molecule has 2 aromatic rings. The average molecular weight is 358 g/mol. The second-order valence-corrected chi connectivity index (χ2v) is 6.85. The average Bonchev–Trinajstić information content (AvgIpc) is 2.62. The van der Waals surface area contributed by atoms with E-state index in [0.717, 1.165) is 18.2 Å². The lowest BCUT2D eigenvalue weighted by molar-refractivity contribution is 0.184. The van der Waals surface area contributed by atoms with E-state index < -0.39 is 0 Å². The quantitative estimate of drug-likeness (QED) is 0.872. The summed E-state index contributed by atoms with van der Waals surface area (Å²) in [4.78, 5) is 34.8. The predicted molar refractivity (Wildman–Crippen MR) is 101 cm³/mol. The molecule has 2 aromatic heterocycles. The highest BCUT2D eigenvalue weighted by Crippen LogP contribution is 2.18. The van der Waals surface area contributed by atoms with Crippen molar-refractivity contribution in [2.24, 2.45) is 0 Å². The summed E-state index contributed by atoms with van der Waals surface area (Å²) in [5.41, 5.74) is 0.581. The van der Waals surface area contributed by atoms with Crippen LogP contribution in [0.4, 0.5) is 10.7 Å². The highest BCUT2D eigenvalue weighted by molar-refractivity contribution is 5.75. The van der Waals surface area contributed by atoms with Gasteiger partial charge in [-0.25, -0.2) is 9.78 Å². The number of nitrogens with zero attached hydrogens (tertiary/aromatic N) is 4. The van der Waals surface area contributed by atoms with E-state index in [0.29, 0.717) is 31.2 Å². The molecule has 3 rings (SSSR count). The van der Waals surface area contributed by atoms with Gasteiger partial charge in [-0.2, -0.15) is 4.98 Å². The fraction of sp³-hybridized carbons (Fsp3) is 0.556. The molecular formula is C18H26N6O2. The standard InChI is InChI=1S/C18H26N6O2/c1-4-19-18(26)23-9-7-14(8-10-23)21-17-20-11-13-5-6-15(25)24(12(2)3)16(13)22-17/h5-6,11-12,14H,4,7-10H2,1-3H3,(H,19,26)(H,20,21,22). The summed E-state index contributed by atoms with van der Waals surface area (Å²) in [6.45, 7) is 7.89. The zero-order valence-electron chi connectivity index (χ0n) is 15.5. The maximum Gasteiger partial charge on any atom is 0.317 e. The molecule has 1 aliphatic rings. The third-order valence-corrected chi connectivity index (χ3v) is 4.63. The largest absolute Gasteiger partial charge is 0.351 e. The number of amides is 2. The lowest BCUT2D eigenvalue weighted by Gasteiger charge is -2.32. The van der Waals surface area contributed by atoms with Gasteiger partial charge in [0.15, 0.2) is 0 Å². The Labute approximate surface area is 152 Å². The zero-order chi connectivity index (χ0) is 18.7. The fourth-order valence-corrected chi connectivity index (χ4v) is 3.28. The summed E-state index contributed by atoms with van der Waals surface area (Å²) in [7, 11) is 0. The van der Waals surface area contributed by atoms with E-state index in [4.69, 9.17) is 0 Å². The Morgan fingerprint density at radius 3 is 2.69 bits per heavy atom. The topological polar surface area (TPSA) is 92.2 Å². The number of hydrogen-bond donors (Lipinski definition) is 2. The second kappa shape index (κ2) is 7.72. The van der Waals surface area contributed by atoms with E-state index in [1.54, 1.807) is 22.9 Å². The number of likely N-dealkylation sites (tertiary alicyclic amines) is 1. The van der Waals surface area contributed by atoms with Gasteiger partial charge in [-0.15, -0.1) is 0 Å². The molecule has 8 nitrogen and oxygen atoms in total. The number of nitrogens with one attached hydrogen (secondary N) is 2. The Morgan fingerprint density at radius 2 is 2.04 bits per heavy atom. The van der Waals surface area contributed by atoms with E-state index in [1.807, 2.05) is 25.7 Å². The monoisotopic (exact) mass is 358 g/mol. The number of piperidine rings is 1. The minimum Gasteiger partial charge on any atom is -0.351 e. The maximum atomic E-state index is 12.2. The Balaban J connectivity index is 1.73. The highest BCUT2D eigenvalue weighted by atomic mass is 16.2. The first-order chi connectivity index (χ1) is 12.5. The number of pyridine rings is 1. The number of carbonyl (C=O) groups excluding carboxylic acids is 1. The van der Waals surface area contributed by atoms with Crippen LogP contribution in [0.3, 0.4) is 0 Å². The van der Waals surface area contributed by atoms with Crippen molar-refractivity contribution in [1.29, 1.82) is 0 Å². The van der Waals surface area contributed by atoms with Crippen molar-refractivity contribution in [3.8, 4) is 0 Å². The minimum atomic E-state index is -0.0626. The lowest BCUT2D eigenvalue weighted by Crippen LogP contribution is -2.46. The number of urea groups is 1. The fourth-order valence-electron chi connectivity index (χ4n) is 3.28. The molecule has 1 saturated heterocycles. The summed E-state index contributed by atoms with van der Waals surface area (Å²) in [5, 5.41) is 7.03. The molecule has 0 aromatic carbocycles. The van der Waals surface area contributed by atoms with Gasteiger partial charge in [-0.05, 0) is 39.7 Å². The van der Waals surface area contributed by atoms with E-state index in [2.05, 4.69) is 20.6 Å². The van der Waals surface area contributed by atoms with Gasteiger partial charge in [0.1, 0.15) is 5.65 Å². The van der Waals surface area contributed by atoms with Crippen LogP contribution in [0.2, 0.25) is 0 Å². The Morgan fingerprint density at radius 1 is 1.31 bits per heavy atom. The first kappa shape index (κ1) is 18.2. The molecule has 0 unspecified atom stereocenters. The van der Waals surface area contributed by atoms with Crippen LogP contribution < -0.4 is 16.2 Å². The van der Waals surface area contributed by atoms with E-state index in [1.165, 1.54) is 0 Å². The molecule has 26 heavy (non-hydrogen) atoms. The molecule has 1 aliphatic heterocycles. The summed E-state index contributed by atoms with van der Waals surface area (Å²) >= 11 is 0. The van der Waals surface area contributed by atoms with E-state index >= 15 is 0 Å².